The van der Waals surface area contributed by atoms with Crippen LogP contribution in [0, 0.1) is 0 Å². The average Bonchev–Trinajstić information content (AvgIpc) is 3.32. The van der Waals surface area contributed by atoms with Crippen LogP contribution in [0.15, 0.2) is 60.8 Å². The third-order valence-electron chi connectivity index (χ3n) is 13.2. The number of carbonyl (C=O) groups excluding carboxylic acids is 2. The Morgan fingerprint density at radius 1 is 0.433 bits per heavy atom. The van der Waals surface area contributed by atoms with Gasteiger partial charge >= 0.3 is 5.97 Å². The van der Waals surface area contributed by atoms with E-state index in [0.717, 1.165) is 89.9 Å². The summed E-state index contributed by atoms with van der Waals surface area (Å²) in [4.78, 5) is 26.3. The fourth-order valence-corrected chi connectivity index (χ4v) is 8.72. The van der Waals surface area contributed by atoms with Crippen LogP contribution in [0.5, 0.6) is 0 Å². The summed E-state index contributed by atoms with van der Waals surface area (Å²) in [5, 5.41) is 23.9. The molecule has 0 spiro atoms. The van der Waals surface area contributed by atoms with Crippen LogP contribution in [0.4, 0.5) is 0 Å². The van der Waals surface area contributed by atoms with E-state index in [-0.39, 0.29) is 24.9 Å². The summed E-state index contributed by atoms with van der Waals surface area (Å²) in [6.45, 7) is 6.47. The van der Waals surface area contributed by atoms with Gasteiger partial charge in [0.25, 0.3) is 0 Å². The molecule has 0 aliphatic heterocycles. The number of amides is 1. The second-order valence-electron chi connectivity index (χ2n) is 19.8. The van der Waals surface area contributed by atoms with Crippen molar-refractivity contribution in [2.45, 2.75) is 309 Å². The number of nitrogens with one attached hydrogen (secondary N) is 1. The number of aliphatic hydroxyl groups excluding tert-OH is 2. The molecule has 6 nitrogen and oxygen atoms in total. The van der Waals surface area contributed by atoms with Crippen LogP contribution in [0.25, 0.3) is 0 Å². The van der Waals surface area contributed by atoms with Crippen LogP contribution < -0.4 is 5.32 Å². The molecule has 3 unspecified atom stereocenters. The molecular weight excluding hydrogens is 827 g/mol. The summed E-state index contributed by atoms with van der Waals surface area (Å²) >= 11 is 0. The van der Waals surface area contributed by atoms with Crippen molar-refractivity contribution in [3.63, 3.8) is 0 Å². The van der Waals surface area contributed by atoms with E-state index in [2.05, 4.69) is 86.8 Å². The lowest BCUT2D eigenvalue weighted by molar-refractivity contribution is -0.151. The molecule has 0 bridgehead atoms. The van der Waals surface area contributed by atoms with Crippen LogP contribution in [-0.2, 0) is 14.3 Å². The molecule has 0 saturated heterocycles. The van der Waals surface area contributed by atoms with Crippen LogP contribution in [0.2, 0.25) is 0 Å². The molecule has 67 heavy (non-hydrogen) atoms. The molecule has 0 saturated carbocycles. The van der Waals surface area contributed by atoms with Crippen molar-refractivity contribution in [3.8, 4) is 0 Å². The van der Waals surface area contributed by atoms with Crippen LogP contribution in [-0.4, -0.2) is 46.9 Å². The number of hydrogen-bond donors (Lipinski definition) is 3. The van der Waals surface area contributed by atoms with E-state index in [1.165, 1.54) is 154 Å². The Morgan fingerprint density at radius 3 is 1.16 bits per heavy atom. The van der Waals surface area contributed by atoms with Gasteiger partial charge in [0.1, 0.15) is 6.10 Å². The van der Waals surface area contributed by atoms with Gasteiger partial charge in [0.05, 0.1) is 25.2 Å². The Morgan fingerprint density at radius 2 is 0.761 bits per heavy atom. The zero-order chi connectivity index (χ0) is 48.8. The number of rotatable bonds is 52. The highest BCUT2D eigenvalue weighted by Gasteiger charge is 2.24. The molecule has 1 amide bonds. The fourth-order valence-electron chi connectivity index (χ4n) is 8.72. The van der Waals surface area contributed by atoms with Gasteiger partial charge in [-0.05, 0) is 77.0 Å². The van der Waals surface area contributed by atoms with Gasteiger partial charge in [0, 0.05) is 6.42 Å². The number of hydrogen-bond acceptors (Lipinski definition) is 5. The van der Waals surface area contributed by atoms with Crippen LogP contribution >= 0.6 is 0 Å². The van der Waals surface area contributed by atoms with Crippen LogP contribution in [0.3, 0.4) is 0 Å². The second-order valence-corrected chi connectivity index (χ2v) is 19.8. The number of ether oxygens (including phenoxy) is 1. The van der Waals surface area contributed by atoms with Gasteiger partial charge in [-0.1, -0.05) is 261 Å². The minimum Gasteiger partial charge on any atom is -0.462 e. The van der Waals surface area contributed by atoms with Crippen molar-refractivity contribution in [1.29, 1.82) is 0 Å². The van der Waals surface area contributed by atoms with E-state index < -0.39 is 18.2 Å². The summed E-state index contributed by atoms with van der Waals surface area (Å²) in [5.41, 5.74) is 0. The summed E-state index contributed by atoms with van der Waals surface area (Å²) < 4.78 is 5.94. The molecule has 0 aliphatic carbocycles. The number of unbranched alkanes of at least 4 members (excludes halogenated alkanes) is 33. The van der Waals surface area contributed by atoms with Gasteiger partial charge in [-0.25, -0.2) is 0 Å². The van der Waals surface area contributed by atoms with Gasteiger partial charge in [-0.2, -0.15) is 0 Å². The Bertz CT molecular complexity index is 1190. The first-order chi connectivity index (χ1) is 33.0. The number of esters is 1. The SMILES string of the molecule is CCCCCCC/C=C/C=C/C=C/CCCCCC(CC(=O)NC(CO)C(O)CCCCCCCCCCCCCCCC)OC(=O)CCCCCCC/C=C/C=C/CCCCCCCCC. The van der Waals surface area contributed by atoms with Gasteiger partial charge < -0.3 is 20.3 Å². The number of aliphatic hydroxyl groups is 2. The summed E-state index contributed by atoms with van der Waals surface area (Å²) in [6.07, 6.45) is 68.5. The van der Waals surface area contributed by atoms with Crippen molar-refractivity contribution >= 4 is 11.9 Å². The van der Waals surface area contributed by atoms with Gasteiger partial charge in [0.2, 0.25) is 5.91 Å². The van der Waals surface area contributed by atoms with E-state index in [0.29, 0.717) is 19.3 Å². The summed E-state index contributed by atoms with van der Waals surface area (Å²) in [7, 11) is 0. The molecule has 390 valence electrons. The summed E-state index contributed by atoms with van der Waals surface area (Å²) in [5.74, 6) is -0.518. The zero-order valence-electron chi connectivity index (χ0n) is 44.5. The highest BCUT2D eigenvalue weighted by Crippen LogP contribution is 2.18. The van der Waals surface area contributed by atoms with E-state index in [1.54, 1.807) is 0 Å². The molecule has 6 heteroatoms. The molecule has 0 radical (unpaired) electrons. The molecule has 0 aliphatic rings. The van der Waals surface area contributed by atoms with Crippen molar-refractivity contribution in [3.05, 3.63) is 60.8 Å². The molecule has 0 aromatic heterocycles. The highest BCUT2D eigenvalue weighted by atomic mass is 16.5. The lowest BCUT2D eigenvalue weighted by Gasteiger charge is -2.24. The van der Waals surface area contributed by atoms with Gasteiger partial charge in [0.15, 0.2) is 0 Å². The lowest BCUT2D eigenvalue weighted by Crippen LogP contribution is -2.46. The molecule has 3 N–H and O–H groups in total. The molecular formula is C61H111NO5. The lowest BCUT2D eigenvalue weighted by atomic mass is 10.0. The topological polar surface area (TPSA) is 95.9 Å². The summed E-state index contributed by atoms with van der Waals surface area (Å²) in [6, 6.07) is -0.718. The maximum atomic E-state index is 13.3. The smallest absolute Gasteiger partial charge is 0.306 e. The standard InChI is InChI=1S/C61H111NO5/c1-4-7-10-13-16-19-22-25-28-30-31-33-36-39-42-45-48-51-54-61(66)67-57(52-49-46-43-40-37-34-32-29-26-23-20-17-14-11-8-5-2)55-60(65)62-58(56-63)59(64)53-50-47-44-41-38-35-27-24-21-18-15-12-9-6-3/h23,26,28-34,37,57-59,63-64H,4-22,24-25,27,35-36,38-56H2,1-3H3,(H,62,65)/b26-23+,30-28+,32-29+,33-31+,37-34+. The minimum atomic E-state index is -0.802. The number of allylic oxidation sites excluding steroid dienone is 10. The fraction of sp³-hybridized carbons (Fsp3) is 0.803. The molecule has 0 aromatic rings. The van der Waals surface area contributed by atoms with Gasteiger partial charge in [-0.15, -0.1) is 0 Å². The third-order valence-corrected chi connectivity index (χ3v) is 13.2. The Kier molecular flexibility index (Phi) is 52.5. The largest absolute Gasteiger partial charge is 0.462 e. The third kappa shape index (κ3) is 49.8. The Hall–Kier alpha value is -2.44. The first kappa shape index (κ1) is 64.6. The predicted octanol–water partition coefficient (Wildman–Crippen LogP) is 18.0. The molecule has 0 aromatic carbocycles. The molecule has 0 fully saturated rings. The number of carbonyl (C=O) groups is 2. The Labute approximate surface area is 416 Å². The Balaban J connectivity index is 4.65. The van der Waals surface area contributed by atoms with E-state index >= 15 is 0 Å². The van der Waals surface area contributed by atoms with Crippen molar-refractivity contribution in [2.75, 3.05) is 6.61 Å². The quantitative estimate of drug-likeness (QED) is 0.0321. The predicted molar refractivity (Wildman–Crippen MR) is 292 cm³/mol. The van der Waals surface area contributed by atoms with Crippen molar-refractivity contribution in [1.82, 2.24) is 5.32 Å². The highest BCUT2D eigenvalue weighted by molar-refractivity contribution is 5.77. The van der Waals surface area contributed by atoms with E-state index in [1.807, 2.05) is 0 Å². The monoisotopic (exact) mass is 938 g/mol. The van der Waals surface area contributed by atoms with E-state index in [9.17, 15) is 19.8 Å². The van der Waals surface area contributed by atoms with E-state index in [4.69, 9.17) is 4.74 Å². The first-order valence-electron chi connectivity index (χ1n) is 29.1. The van der Waals surface area contributed by atoms with Gasteiger partial charge in [-0.3, -0.25) is 9.59 Å². The van der Waals surface area contributed by atoms with Crippen LogP contribution in [0.1, 0.15) is 290 Å². The average molecular weight is 939 g/mol. The molecule has 0 rings (SSSR count). The van der Waals surface area contributed by atoms with Crippen molar-refractivity contribution in [2.24, 2.45) is 0 Å². The second kappa shape index (κ2) is 54.5. The maximum Gasteiger partial charge on any atom is 0.306 e. The molecule has 3 atom stereocenters. The zero-order valence-corrected chi connectivity index (χ0v) is 44.5. The molecule has 0 heterocycles. The maximum absolute atomic E-state index is 13.3. The normalized spacial score (nSPS) is 13.6. The van der Waals surface area contributed by atoms with Crippen molar-refractivity contribution < 1.29 is 24.5 Å². The minimum absolute atomic E-state index is 0.0482. The first-order valence-corrected chi connectivity index (χ1v) is 29.1.